The van der Waals surface area contributed by atoms with Crippen molar-refractivity contribution < 1.29 is 72.6 Å². The summed E-state index contributed by atoms with van der Waals surface area (Å²) in [5.41, 5.74) is 0.816. The summed E-state index contributed by atoms with van der Waals surface area (Å²) in [6, 6.07) is 3.50. The Morgan fingerprint density at radius 1 is 0.676 bits per heavy atom. The number of halogens is 1. The van der Waals surface area contributed by atoms with Gasteiger partial charge in [-0.1, -0.05) is 89.9 Å². The number of alkyl carbamates (subject to hydrolysis) is 1. The zero-order chi connectivity index (χ0) is 47.2. The van der Waals surface area contributed by atoms with Crippen LogP contribution in [0.5, 0.6) is 0 Å². The summed E-state index contributed by atoms with van der Waals surface area (Å²) in [6.45, 7) is 24.2. The molecular weight excluding hydrogens is 1060 g/mol. The molecule has 4 saturated carbocycles. The van der Waals surface area contributed by atoms with Crippen LogP contribution in [0.15, 0.2) is 0 Å². The van der Waals surface area contributed by atoms with Crippen molar-refractivity contribution in [3.8, 4) is 12.1 Å². The molecule has 13 nitrogen and oxygen atoms in total. The minimum atomic E-state index is -1.29. The van der Waals surface area contributed by atoms with E-state index in [1.807, 2.05) is 20.8 Å². The quantitative estimate of drug-likeness (QED) is 0.0509. The van der Waals surface area contributed by atoms with Crippen molar-refractivity contribution in [1.82, 2.24) is 5.32 Å². The van der Waals surface area contributed by atoms with E-state index in [9.17, 15) is 9.59 Å². The molecule has 0 spiro atoms. The molecule has 0 aromatic heterocycles. The van der Waals surface area contributed by atoms with Gasteiger partial charge in [-0.05, 0) is 87.0 Å². The van der Waals surface area contributed by atoms with Crippen molar-refractivity contribution in [3.05, 3.63) is 41.1 Å². The Balaban J connectivity index is -0.0000000916. The Morgan fingerprint density at radius 3 is 1.31 bits per heavy atom. The fourth-order valence-electron chi connectivity index (χ4n) is 6.84. The van der Waals surface area contributed by atoms with Crippen LogP contribution in [0.25, 0.3) is 4.85 Å². The Hall–Kier alpha value is -1.22. The molecule has 3 unspecified atom stereocenters. The van der Waals surface area contributed by atoms with Gasteiger partial charge in [0, 0.05) is 19.4 Å². The Bertz CT molecular complexity index is 1290. The number of rotatable bonds is 11. The van der Waals surface area contributed by atoms with Crippen LogP contribution in [0.2, 0.25) is 0 Å². The molecule has 3 atom stereocenters. The van der Waals surface area contributed by atoms with Gasteiger partial charge in [-0.25, -0.2) is 11.4 Å². The number of nitriles is 2. The third-order valence-electron chi connectivity index (χ3n) is 10.2. The Morgan fingerprint density at radius 2 is 1.04 bits per heavy atom. The molecule has 4 rings (SSSR count). The first-order valence-electron chi connectivity index (χ1n) is 23.0. The largest absolute Gasteiger partial charge is 2.00 e. The maximum absolute atomic E-state index is 11.8. The van der Waals surface area contributed by atoms with Gasteiger partial charge >= 0.3 is 46.2 Å². The van der Waals surface area contributed by atoms with Crippen LogP contribution in [-0.4, -0.2) is 109 Å². The first kappa shape index (κ1) is 86.6. The van der Waals surface area contributed by atoms with Crippen molar-refractivity contribution in [2.75, 3.05) is 54.1 Å². The smallest absolute Gasteiger partial charge is 0.460 e. The second-order valence-electron chi connectivity index (χ2n) is 21.1. The molecule has 1 amide bonds. The first-order valence-corrected chi connectivity index (χ1v) is 23.0. The van der Waals surface area contributed by atoms with Gasteiger partial charge in [-0.3, -0.25) is 4.79 Å². The molecule has 4 aliphatic carbocycles. The molecular formula is C52H104Fe2IN6O7+. The Kier molecular flexibility index (Phi) is 58.1. The summed E-state index contributed by atoms with van der Waals surface area (Å²) >= 11 is 0. The summed E-state index contributed by atoms with van der Waals surface area (Å²) in [5, 5.41) is 36.1. The molecule has 0 saturated heterocycles. The summed E-state index contributed by atoms with van der Waals surface area (Å²) < 4.78 is 17.0. The zero-order valence-electron chi connectivity index (χ0n) is 46.0. The van der Waals surface area contributed by atoms with Gasteiger partial charge in [0.15, 0.2) is 5.54 Å². The van der Waals surface area contributed by atoms with Crippen molar-refractivity contribution >= 4 is 36.0 Å². The molecule has 406 valence electrons. The molecule has 0 aromatic carbocycles. The maximum atomic E-state index is 11.8. The topological polar surface area (TPSA) is 192 Å². The summed E-state index contributed by atoms with van der Waals surface area (Å²) in [6.07, 6.45) is 25.3. The number of aliphatic hydroxyl groups excluding tert-OH is 2. The third kappa shape index (κ3) is 54.1. The number of ether oxygens (including phenoxy) is 3. The van der Waals surface area contributed by atoms with E-state index in [1.54, 1.807) is 39.8 Å². The number of nitrogens with two attached hydrogens (primary N) is 1. The molecule has 0 radical (unpaired) electrons. The van der Waals surface area contributed by atoms with Crippen molar-refractivity contribution in [2.45, 2.75) is 212 Å². The molecule has 4 fully saturated rings. The van der Waals surface area contributed by atoms with Gasteiger partial charge in [-0.15, -0.1) is 24.0 Å². The van der Waals surface area contributed by atoms with Gasteiger partial charge < -0.3 is 74.5 Å². The minimum absolute atomic E-state index is 0. The van der Waals surface area contributed by atoms with E-state index in [1.165, 1.54) is 136 Å². The molecule has 0 aromatic rings. The van der Waals surface area contributed by atoms with Crippen LogP contribution in [0.3, 0.4) is 0 Å². The molecule has 5 N–H and O–H groups in total. The summed E-state index contributed by atoms with van der Waals surface area (Å²) in [7, 11) is 6.87. The van der Waals surface area contributed by atoms with Crippen LogP contribution < -0.4 is 11.1 Å². The number of quaternary nitrogens is 1. The van der Waals surface area contributed by atoms with Crippen LogP contribution >= 0.6 is 24.0 Å². The van der Waals surface area contributed by atoms with Crippen molar-refractivity contribution in [2.24, 2.45) is 17.6 Å². The molecule has 16 heteroatoms. The number of nitrogens with one attached hydrogen (secondary N) is 1. The zero-order valence-corrected chi connectivity index (χ0v) is 50.6. The fourth-order valence-corrected chi connectivity index (χ4v) is 6.84. The van der Waals surface area contributed by atoms with E-state index in [2.05, 4.69) is 31.3 Å². The summed E-state index contributed by atoms with van der Waals surface area (Å²) in [4.78, 5) is 26.6. The average molecular weight is 1160 g/mol. The third-order valence-corrected chi connectivity index (χ3v) is 10.2. The molecule has 68 heavy (non-hydrogen) atoms. The molecule has 0 aliphatic heterocycles. The Labute approximate surface area is 458 Å². The second kappa shape index (κ2) is 45.6. The van der Waals surface area contributed by atoms with Crippen LogP contribution in [0.1, 0.15) is 184 Å². The van der Waals surface area contributed by atoms with Crippen molar-refractivity contribution in [3.63, 3.8) is 0 Å². The van der Waals surface area contributed by atoms with E-state index in [-0.39, 0.29) is 107 Å². The van der Waals surface area contributed by atoms with Crippen LogP contribution in [-0.2, 0) is 53.1 Å². The number of amides is 1. The van der Waals surface area contributed by atoms with Gasteiger partial charge in [-0.2, -0.15) is 10.5 Å². The summed E-state index contributed by atoms with van der Waals surface area (Å²) in [5.74, 6) is 1.33. The number of hydrogen-bond donors (Lipinski definition) is 4. The van der Waals surface area contributed by atoms with Gasteiger partial charge in [0.2, 0.25) is 0 Å². The van der Waals surface area contributed by atoms with E-state index >= 15 is 0 Å². The molecule has 4 aliphatic rings. The number of carbonyl (C=O) groups is 2. The standard InChI is InChI=1S/C16H27NO3.C9H16N2O3.C9H20N.2C5H10.C4H8N2O.4CH3.2Fe.HI/c1-15(2,3)20-14(18)10-16(4,17-5)12-19-11-13-8-6-7-9-13;1-8(2,3)14-7(13)11-9(4,5-10)6-12;1-10(2,3)8-9-6-4-5-7-9;2*1-2-4-5-3-1;1-4(6,2-5)3-7;;;;;;;/h13H,6-12H2,1-4H3;12H,6H2,1-4H3,(H,11,13);9H,4-8H2,1-3H3;2*1-5H2;7H,3,6H2,1H3;4*1H3;;;1H/q;;+1;;;;4*-1;2*+2;. The fraction of sp³-hybridized carbons (Fsp3) is 0.827. The van der Waals surface area contributed by atoms with Crippen LogP contribution in [0.4, 0.5) is 4.79 Å². The number of esters is 1. The second-order valence-corrected chi connectivity index (χ2v) is 21.1. The van der Waals surface area contributed by atoms with Crippen molar-refractivity contribution in [1.29, 1.82) is 10.5 Å². The van der Waals surface area contributed by atoms with Gasteiger partial charge in [0.05, 0.1) is 53.0 Å². The van der Waals surface area contributed by atoms with E-state index in [0.717, 1.165) is 10.4 Å². The van der Waals surface area contributed by atoms with E-state index in [0.29, 0.717) is 19.1 Å². The molecule has 0 bridgehead atoms. The van der Waals surface area contributed by atoms with Gasteiger partial charge in [0.25, 0.3) is 5.54 Å². The van der Waals surface area contributed by atoms with Gasteiger partial charge in [0.1, 0.15) is 29.8 Å². The van der Waals surface area contributed by atoms with Crippen LogP contribution in [0, 0.1) is 70.8 Å². The molecule has 0 heterocycles. The predicted octanol–water partition coefficient (Wildman–Crippen LogP) is 11.8. The maximum Gasteiger partial charge on any atom is 2.00 e. The first-order chi connectivity index (χ1) is 28.2. The van der Waals surface area contributed by atoms with E-state index in [4.69, 9.17) is 47.3 Å². The monoisotopic (exact) mass is 1160 g/mol. The normalized spacial score (nSPS) is 17.4. The number of nitrogens with zero attached hydrogens (tertiary/aromatic N) is 4. The SMILES string of the molecule is C1CCCC1.C1CCCC1.CC(C#N)(CO)NC(=O)OC(C)(C)C.CC(N)(C#N)CO.C[N+](C)(C)CC1CCCC1.I.[C-]#[N+]C(C)(COCC1CCCC1)CC(=O)OC(C)(C)C.[CH3-].[CH3-].[CH3-].[CH3-].[Fe+2].[Fe+2]. The minimum Gasteiger partial charge on any atom is -0.460 e. The predicted molar refractivity (Wildman–Crippen MR) is 286 cm³/mol. The number of hydrogen-bond acceptors (Lipinski definition) is 10. The van der Waals surface area contributed by atoms with E-state index < -0.39 is 40.5 Å². The number of aliphatic hydroxyl groups is 2. The average Bonchev–Trinajstić information content (AvgIpc) is 4.01. The number of carbonyl (C=O) groups excluding carboxylic acids is 2.